The number of piperidine rings is 1. The van der Waals surface area contributed by atoms with Gasteiger partial charge >= 0.3 is 6.09 Å². The van der Waals surface area contributed by atoms with Crippen LogP contribution in [0.5, 0.6) is 0 Å². The van der Waals surface area contributed by atoms with E-state index in [0.717, 1.165) is 48.0 Å². The molecule has 0 radical (unpaired) electrons. The number of pyridine rings is 1. The maximum Gasteiger partial charge on any atom is 0.411 e. The number of nitrogens with zero attached hydrogens (tertiary/aromatic N) is 5. The van der Waals surface area contributed by atoms with Crippen molar-refractivity contribution < 1.29 is 14.3 Å². The van der Waals surface area contributed by atoms with Gasteiger partial charge in [0.1, 0.15) is 11.6 Å². The number of ether oxygens (including phenoxy) is 1. The molecule has 2 aromatic heterocycles. The Bertz CT molecular complexity index is 1450. The van der Waals surface area contributed by atoms with E-state index >= 15 is 0 Å². The van der Waals surface area contributed by atoms with E-state index in [9.17, 15) is 9.59 Å². The number of rotatable bonds is 4. The maximum absolute atomic E-state index is 14.5. The Morgan fingerprint density at radius 3 is 2.59 bits per heavy atom. The normalized spacial score (nSPS) is 22.6. The molecule has 2 aliphatic heterocycles. The number of aryl methyl sites for hydroxylation is 2. The van der Waals surface area contributed by atoms with E-state index in [1.54, 1.807) is 4.90 Å². The molecule has 1 aliphatic carbocycles. The van der Waals surface area contributed by atoms with Gasteiger partial charge in [-0.2, -0.15) is 0 Å². The number of carbonyl (C=O) groups is 2. The van der Waals surface area contributed by atoms with Gasteiger partial charge in [-0.1, -0.05) is 17.7 Å². The van der Waals surface area contributed by atoms with Crippen LogP contribution in [0.1, 0.15) is 62.0 Å². The summed E-state index contributed by atoms with van der Waals surface area (Å²) in [6.45, 7) is 9.21. The summed E-state index contributed by atoms with van der Waals surface area (Å²) >= 11 is 10.1. The van der Waals surface area contributed by atoms with Crippen LogP contribution in [-0.2, 0) is 28.9 Å². The molecule has 44 heavy (non-hydrogen) atoms. The molecule has 0 spiro atoms. The monoisotopic (exact) mass is 681 g/mol. The highest BCUT2D eigenvalue weighted by Crippen LogP contribution is 2.39. The molecule has 0 bridgehead atoms. The van der Waals surface area contributed by atoms with Crippen molar-refractivity contribution >= 4 is 39.5 Å². The Morgan fingerprint density at radius 1 is 1.05 bits per heavy atom. The van der Waals surface area contributed by atoms with Crippen LogP contribution in [0.2, 0.25) is 5.02 Å². The van der Waals surface area contributed by atoms with Crippen LogP contribution in [0.3, 0.4) is 0 Å². The first kappa shape index (κ1) is 31.1. The van der Waals surface area contributed by atoms with Crippen molar-refractivity contribution in [2.24, 2.45) is 5.92 Å². The highest BCUT2D eigenvalue weighted by atomic mass is 79.9. The molecule has 2 amide bonds. The second-order valence-corrected chi connectivity index (χ2v) is 14.7. The maximum atomic E-state index is 14.5. The molecule has 2 saturated heterocycles. The number of hydrogen-bond acceptors (Lipinski definition) is 5. The highest BCUT2D eigenvalue weighted by molar-refractivity contribution is 9.10. The third kappa shape index (κ3) is 6.85. The minimum absolute atomic E-state index is 0.00768. The summed E-state index contributed by atoms with van der Waals surface area (Å²) in [6.07, 6.45) is 9.30. The Hall–Kier alpha value is -2.88. The van der Waals surface area contributed by atoms with Gasteiger partial charge in [0.2, 0.25) is 5.91 Å². The lowest BCUT2D eigenvalue weighted by Crippen LogP contribution is -2.63. The average molecular weight is 683 g/mol. The van der Waals surface area contributed by atoms with Gasteiger partial charge in [-0.15, -0.1) is 0 Å². The van der Waals surface area contributed by atoms with Crippen molar-refractivity contribution in [2.45, 2.75) is 70.7 Å². The number of amides is 2. The quantitative estimate of drug-likeness (QED) is 0.321. The first-order valence-electron chi connectivity index (χ1n) is 15.6. The Kier molecular flexibility index (Phi) is 9.09. The molecule has 6 rings (SSSR count). The minimum atomic E-state index is -0.665. The fourth-order valence-corrected chi connectivity index (χ4v) is 7.56. The van der Waals surface area contributed by atoms with Crippen molar-refractivity contribution in [2.75, 3.05) is 32.7 Å². The van der Waals surface area contributed by atoms with Crippen LogP contribution in [-0.4, -0.2) is 80.6 Å². The molecule has 3 aromatic rings. The number of benzene rings is 1. The van der Waals surface area contributed by atoms with Gasteiger partial charge in [-0.3, -0.25) is 19.6 Å². The number of hydrogen-bond donors (Lipinski definition) is 0. The van der Waals surface area contributed by atoms with Crippen molar-refractivity contribution in [1.29, 1.82) is 0 Å². The van der Waals surface area contributed by atoms with Gasteiger partial charge in [0, 0.05) is 67.4 Å². The molecule has 0 N–H and O–H groups in total. The van der Waals surface area contributed by atoms with Gasteiger partial charge in [-0.25, -0.2) is 4.79 Å². The number of carbonyl (C=O) groups excluding carboxylic acids is 2. The average Bonchev–Trinajstić information content (AvgIpc) is 3.44. The number of piperazine rings is 1. The van der Waals surface area contributed by atoms with E-state index in [4.69, 9.17) is 21.3 Å². The number of likely N-dealkylation sites (tertiary alicyclic amines) is 1. The van der Waals surface area contributed by atoms with Crippen LogP contribution in [0.4, 0.5) is 4.79 Å². The first-order chi connectivity index (χ1) is 21.1. The molecule has 10 heteroatoms. The SMILES string of the molecule is CC(C)(C)OC(=O)N1CCN([C@@H]2c3ccc(Cl)cc3CCc3cc(Br)cnc32)C[C@@H]1C(=O)N1CCC[C@H](Cn2cccc2)C1. The van der Waals surface area contributed by atoms with Gasteiger partial charge in [0.05, 0.1) is 11.7 Å². The Labute approximate surface area is 273 Å². The zero-order valence-electron chi connectivity index (χ0n) is 25.7. The van der Waals surface area contributed by atoms with Crippen LogP contribution >= 0.6 is 27.5 Å². The molecule has 1 aromatic carbocycles. The van der Waals surface area contributed by atoms with Gasteiger partial charge in [0.15, 0.2) is 0 Å². The predicted octanol–water partition coefficient (Wildman–Crippen LogP) is 6.35. The van der Waals surface area contributed by atoms with E-state index in [0.29, 0.717) is 43.7 Å². The lowest BCUT2D eigenvalue weighted by atomic mass is 9.94. The van der Waals surface area contributed by atoms with E-state index in [-0.39, 0.29) is 11.9 Å². The Morgan fingerprint density at radius 2 is 1.82 bits per heavy atom. The molecule has 3 atom stereocenters. The molecule has 2 fully saturated rings. The third-order valence-electron chi connectivity index (χ3n) is 8.95. The van der Waals surface area contributed by atoms with Crippen LogP contribution < -0.4 is 0 Å². The molecule has 3 aliphatic rings. The second-order valence-electron chi connectivity index (χ2n) is 13.3. The second kappa shape index (κ2) is 12.9. The largest absolute Gasteiger partial charge is 0.444 e. The predicted molar refractivity (Wildman–Crippen MR) is 175 cm³/mol. The fraction of sp³-hybridized carbons (Fsp3) is 0.500. The fourth-order valence-electron chi connectivity index (χ4n) is 6.99. The summed E-state index contributed by atoms with van der Waals surface area (Å²) < 4.78 is 8.97. The lowest BCUT2D eigenvalue weighted by Gasteiger charge is -2.46. The van der Waals surface area contributed by atoms with Gasteiger partial charge in [-0.05, 0) is 115 Å². The van der Waals surface area contributed by atoms with Gasteiger partial charge < -0.3 is 14.2 Å². The third-order valence-corrected chi connectivity index (χ3v) is 9.62. The van der Waals surface area contributed by atoms with E-state index in [1.807, 2.05) is 50.1 Å². The lowest BCUT2D eigenvalue weighted by molar-refractivity contribution is -0.141. The summed E-state index contributed by atoms with van der Waals surface area (Å²) in [4.78, 5) is 39.0. The molecular weight excluding hydrogens is 642 g/mol. The smallest absolute Gasteiger partial charge is 0.411 e. The molecular formula is C34H41BrClN5O3. The van der Waals surface area contributed by atoms with E-state index in [2.05, 4.69) is 56.0 Å². The van der Waals surface area contributed by atoms with Crippen LogP contribution in [0.25, 0.3) is 0 Å². The number of aromatic nitrogens is 2. The molecule has 0 saturated carbocycles. The number of fused-ring (bicyclic) bond motifs is 2. The van der Waals surface area contributed by atoms with Crippen molar-refractivity contribution in [3.8, 4) is 0 Å². The number of halogens is 2. The summed E-state index contributed by atoms with van der Waals surface area (Å²) in [5.74, 6) is 0.356. The summed E-state index contributed by atoms with van der Waals surface area (Å²) in [7, 11) is 0. The van der Waals surface area contributed by atoms with Crippen molar-refractivity contribution in [3.63, 3.8) is 0 Å². The molecule has 8 nitrogen and oxygen atoms in total. The standard InChI is InChI=1S/C34H41BrClN5O3/c1-34(2,3)44-33(43)41-16-15-39(22-29(41)32(42)40-14-6-7-23(21-40)20-38-12-4-5-13-38)31-28-11-10-27(36)18-24(28)8-9-25-17-26(35)19-37-30(25)31/h4-5,10-13,17-19,23,29,31H,6-9,14-16,20-22H2,1-3H3/t23-,29-,31-/m1/s1. The highest BCUT2D eigenvalue weighted by Gasteiger charge is 2.43. The van der Waals surface area contributed by atoms with Crippen LogP contribution in [0.15, 0.2) is 59.5 Å². The Balaban J connectivity index is 1.32. The first-order valence-corrected chi connectivity index (χ1v) is 16.8. The zero-order valence-corrected chi connectivity index (χ0v) is 28.1. The van der Waals surface area contributed by atoms with E-state index in [1.165, 1.54) is 11.1 Å². The minimum Gasteiger partial charge on any atom is -0.444 e. The molecule has 4 heterocycles. The van der Waals surface area contributed by atoms with Crippen molar-refractivity contribution in [3.05, 3.63) is 86.9 Å². The van der Waals surface area contributed by atoms with Crippen LogP contribution in [0, 0.1) is 5.92 Å². The summed E-state index contributed by atoms with van der Waals surface area (Å²) in [5, 5.41) is 0.713. The molecule has 0 unspecified atom stereocenters. The van der Waals surface area contributed by atoms with Crippen molar-refractivity contribution in [1.82, 2.24) is 24.3 Å². The summed E-state index contributed by atoms with van der Waals surface area (Å²) in [5.41, 5.74) is 3.86. The van der Waals surface area contributed by atoms with E-state index < -0.39 is 17.7 Å². The molecule has 234 valence electrons. The zero-order chi connectivity index (χ0) is 31.0. The summed E-state index contributed by atoms with van der Waals surface area (Å²) in [6, 6.07) is 11.5. The van der Waals surface area contributed by atoms with Gasteiger partial charge in [0.25, 0.3) is 0 Å². The topological polar surface area (TPSA) is 70.9 Å².